The highest BCUT2D eigenvalue weighted by molar-refractivity contribution is 7.98. The molecule has 1 aromatic carbocycles. The molecule has 0 atom stereocenters. The molecule has 0 aliphatic heterocycles. The molecule has 0 bridgehead atoms. The number of halogens is 1. The minimum absolute atomic E-state index is 0.00363. The summed E-state index contributed by atoms with van der Waals surface area (Å²) in [7, 11) is 0. The van der Waals surface area contributed by atoms with E-state index in [1.807, 2.05) is 36.0 Å². The molecule has 1 aromatic rings. The standard InChI is InChI=1S/C15H22ClNOS/c1-19-10-5-3-2-4-9-17-15(18)14-8-6-7-13(11-14)12-16/h6-8,11H,2-5,9-10,12H2,1H3,(H,17,18). The first-order valence-electron chi connectivity index (χ1n) is 6.70. The number of rotatable bonds is 9. The molecule has 0 unspecified atom stereocenters. The number of benzene rings is 1. The highest BCUT2D eigenvalue weighted by Crippen LogP contribution is 2.08. The first-order chi connectivity index (χ1) is 9.27. The topological polar surface area (TPSA) is 29.1 Å². The number of carbonyl (C=O) groups is 1. The van der Waals surface area contributed by atoms with E-state index in [0.717, 1.165) is 18.5 Å². The molecule has 4 heteroatoms. The van der Waals surface area contributed by atoms with Crippen molar-refractivity contribution < 1.29 is 4.79 Å². The summed E-state index contributed by atoms with van der Waals surface area (Å²) in [5.74, 6) is 1.67. The Kier molecular flexibility index (Phi) is 8.76. The molecule has 1 N–H and O–H groups in total. The average molecular weight is 300 g/mol. The summed E-state index contributed by atoms with van der Waals surface area (Å²) in [4.78, 5) is 11.9. The summed E-state index contributed by atoms with van der Waals surface area (Å²) in [5, 5.41) is 2.95. The fraction of sp³-hybridized carbons (Fsp3) is 0.533. The number of amides is 1. The molecule has 0 aliphatic rings. The van der Waals surface area contributed by atoms with Crippen molar-refractivity contribution in [3.8, 4) is 0 Å². The van der Waals surface area contributed by atoms with Gasteiger partial charge in [0.05, 0.1) is 0 Å². The van der Waals surface area contributed by atoms with E-state index in [1.165, 1.54) is 25.0 Å². The minimum Gasteiger partial charge on any atom is -0.352 e. The molecule has 0 fully saturated rings. The van der Waals surface area contributed by atoms with Crippen LogP contribution in [0.2, 0.25) is 0 Å². The maximum atomic E-state index is 11.9. The van der Waals surface area contributed by atoms with E-state index < -0.39 is 0 Å². The van der Waals surface area contributed by atoms with Gasteiger partial charge in [-0.25, -0.2) is 0 Å². The number of thioether (sulfide) groups is 1. The van der Waals surface area contributed by atoms with Gasteiger partial charge in [0, 0.05) is 18.0 Å². The van der Waals surface area contributed by atoms with E-state index in [4.69, 9.17) is 11.6 Å². The SMILES string of the molecule is CSCCCCCCNC(=O)c1cccc(CCl)c1. The van der Waals surface area contributed by atoms with Gasteiger partial charge in [0.2, 0.25) is 0 Å². The summed E-state index contributed by atoms with van der Waals surface area (Å²) >= 11 is 7.65. The van der Waals surface area contributed by atoms with Crippen LogP contribution in [0.15, 0.2) is 24.3 Å². The summed E-state index contributed by atoms with van der Waals surface area (Å²) < 4.78 is 0. The van der Waals surface area contributed by atoms with Crippen LogP contribution in [0.5, 0.6) is 0 Å². The normalized spacial score (nSPS) is 10.4. The molecule has 0 saturated heterocycles. The van der Waals surface area contributed by atoms with E-state index in [1.54, 1.807) is 0 Å². The molecule has 0 aliphatic carbocycles. The van der Waals surface area contributed by atoms with Crippen LogP contribution in [-0.4, -0.2) is 24.5 Å². The Labute approximate surface area is 125 Å². The summed E-state index contributed by atoms with van der Waals surface area (Å²) in [6, 6.07) is 7.47. The van der Waals surface area contributed by atoms with Gasteiger partial charge in [0.25, 0.3) is 5.91 Å². The molecule has 0 heterocycles. The lowest BCUT2D eigenvalue weighted by Gasteiger charge is -2.06. The first kappa shape index (κ1) is 16.4. The van der Waals surface area contributed by atoms with E-state index in [2.05, 4.69) is 11.6 Å². The monoisotopic (exact) mass is 299 g/mol. The van der Waals surface area contributed by atoms with E-state index in [9.17, 15) is 4.79 Å². The van der Waals surface area contributed by atoms with Gasteiger partial charge in [0.15, 0.2) is 0 Å². The Morgan fingerprint density at radius 3 is 2.79 bits per heavy atom. The second kappa shape index (κ2) is 10.2. The van der Waals surface area contributed by atoms with Crippen LogP contribution in [0.4, 0.5) is 0 Å². The molecular formula is C15H22ClNOS. The third-order valence-electron chi connectivity index (χ3n) is 2.90. The fourth-order valence-corrected chi connectivity index (χ4v) is 2.48. The van der Waals surface area contributed by atoms with Gasteiger partial charge in [-0.2, -0.15) is 11.8 Å². The first-order valence-corrected chi connectivity index (χ1v) is 8.63. The molecule has 2 nitrogen and oxygen atoms in total. The van der Waals surface area contributed by atoms with Gasteiger partial charge in [-0.1, -0.05) is 25.0 Å². The fourth-order valence-electron chi connectivity index (χ4n) is 1.82. The van der Waals surface area contributed by atoms with Gasteiger partial charge < -0.3 is 5.32 Å². The molecule has 0 aromatic heterocycles. The third kappa shape index (κ3) is 6.88. The van der Waals surface area contributed by atoms with Gasteiger partial charge in [-0.3, -0.25) is 4.79 Å². The lowest BCUT2D eigenvalue weighted by molar-refractivity contribution is 0.0953. The van der Waals surface area contributed by atoms with Crippen LogP contribution in [0.1, 0.15) is 41.6 Å². The van der Waals surface area contributed by atoms with Crippen LogP contribution in [-0.2, 0) is 5.88 Å². The second-order valence-corrected chi connectivity index (χ2v) is 5.75. The average Bonchev–Trinajstić information content (AvgIpc) is 2.46. The number of alkyl halides is 1. The van der Waals surface area contributed by atoms with Gasteiger partial charge in [-0.05, 0) is 42.5 Å². The second-order valence-electron chi connectivity index (χ2n) is 4.50. The molecule has 1 amide bonds. The van der Waals surface area contributed by atoms with Crippen LogP contribution in [0, 0.1) is 0 Å². The quantitative estimate of drug-likeness (QED) is 0.550. The molecule has 1 rings (SSSR count). The zero-order chi connectivity index (χ0) is 13.9. The van der Waals surface area contributed by atoms with Crippen molar-refractivity contribution in [1.82, 2.24) is 5.32 Å². The van der Waals surface area contributed by atoms with Crippen molar-refractivity contribution in [2.45, 2.75) is 31.6 Å². The molecule has 0 radical (unpaired) electrons. The van der Waals surface area contributed by atoms with Crippen LogP contribution in [0.25, 0.3) is 0 Å². The largest absolute Gasteiger partial charge is 0.352 e. The predicted octanol–water partition coefficient (Wildman–Crippen LogP) is 4.08. The van der Waals surface area contributed by atoms with Crippen molar-refractivity contribution in [3.05, 3.63) is 35.4 Å². The van der Waals surface area contributed by atoms with Crippen molar-refractivity contribution in [3.63, 3.8) is 0 Å². The highest BCUT2D eigenvalue weighted by atomic mass is 35.5. The Balaban J connectivity index is 2.20. The third-order valence-corrected chi connectivity index (χ3v) is 3.91. The van der Waals surface area contributed by atoms with Gasteiger partial charge >= 0.3 is 0 Å². The van der Waals surface area contributed by atoms with Crippen LogP contribution >= 0.6 is 23.4 Å². The number of nitrogens with one attached hydrogen (secondary N) is 1. The van der Waals surface area contributed by atoms with Gasteiger partial charge in [-0.15, -0.1) is 11.6 Å². The van der Waals surface area contributed by atoms with Crippen molar-refractivity contribution >= 4 is 29.3 Å². The Morgan fingerprint density at radius 2 is 2.05 bits per heavy atom. The zero-order valence-corrected chi connectivity index (χ0v) is 13.0. The number of unbranched alkanes of at least 4 members (excludes halogenated alkanes) is 3. The Hall–Kier alpha value is -0.670. The molecular weight excluding hydrogens is 278 g/mol. The van der Waals surface area contributed by atoms with Crippen molar-refractivity contribution in [1.29, 1.82) is 0 Å². The Morgan fingerprint density at radius 1 is 1.26 bits per heavy atom. The van der Waals surface area contributed by atoms with Crippen LogP contribution in [0.3, 0.4) is 0 Å². The summed E-state index contributed by atoms with van der Waals surface area (Å²) in [6.07, 6.45) is 6.89. The van der Waals surface area contributed by atoms with E-state index >= 15 is 0 Å². The lowest BCUT2D eigenvalue weighted by atomic mass is 10.1. The maximum Gasteiger partial charge on any atom is 0.251 e. The molecule has 19 heavy (non-hydrogen) atoms. The predicted molar refractivity (Wildman–Crippen MR) is 85.2 cm³/mol. The highest BCUT2D eigenvalue weighted by Gasteiger charge is 2.04. The molecule has 0 saturated carbocycles. The van der Waals surface area contributed by atoms with E-state index in [-0.39, 0.29) is 5.91 Å². The minimum atomic E-state index is -0.00363. The lowest BCUT2D eigenvalue weighted by Crippen LogP contribution is -2.24. The Bertz CT molecular complexity index is 384. The summed E-state index contributed by atoms with van der Waals surface area (Å²) in [5.41, 5.74) is 1.67. The smallest absolute Gasteiger partial charge is 0.251 e. The number of carbonyl (C=O) groups excluding carboxylic acids is 1. The van der Waals surface area contributed by atoms with Crippen LogP contribution < -0.4 is 5.32 Å². The number of hydrogen-bond donors (Lipinski definition) is 1. The van der Waals surface area contributed by atoms with E-state index in [0.29, 0.717) is 11.4 Å². The molecule has 0 spiro atoms. The zero-order valence-electron chi connectivity index (χ0n) is 11.5. The van der Waals surface area contributed by atoms with Crippen molar-refractivity contribution in [2.24, 2.45) is 0 Å². The molecule has 106 valence electrons. The maximum absolute atomic E-state index is 11.9. The summed E-state index contributed by atoms with van der Waals surface area (Å²) in [6.45, 7) is 0.753. The van der Waals surface area contributed by atoms with Gasteiger partial charge in [0.1, 0.15) is 0 Å². The number of hydrogen-bond acceptors (Lipinski definition) is 2. The van der Waals surface area contributed by atoms with Crippen molar-refractivity contribution in [2.75, 3.05) is 18.6 Å².